The molecule has 5 aromatic rings. The quantitative estimate of drug-likeness (QED) is 0.216. The van der Waals surface area contributed by atoms with Crippen LogP contribution >= 0.6 is 27.3 Å². The van der Waals surface area contributed by atoms with E-state index in [1.807, 2.05) is 105 Å². The Kier molecular flexibility index (Phi) is 8.60. The first-order valence-electron chi connectivity index (χ1n) is 14.2. The highest BCUT2D eigenvalue weighted by molar-refractivity contribution is 9.10. The van der Waals surface area contributed by atoms with Crippen LogP contribution in [0.4, 0.5) is 5.69 Å². The molecule has 1 aliphatic heterocycles. The number of hydrogen-bond acceptors (Lipinski definition) is 6. The molecule has 0 unspecified atom stereocenters. The van der Waals surface area contributed by atoms with Gasteiger partial charge in [0.05, 0.1) is 37.9 Å². The summed E-state index contributed by atoms with van der Waals surface area (Å²) in [6, 6.07) is 31.5. The summed E-state index contributed by atoms with van der Waals surface area (Å²) in [7, 11) is 0. The highest BCUT2D eigenvalue weighted by Gasteiger charge is 2.32. The summed E-state index contributed by atoms with van der Waals surface area (Å²) in [5.41, 5.74) is 5.69. The van der Waals surface area contributed by atoms with Crippen molar-refractivity contribution in [2.45, 2.75) is 26.5 Å². The predicted molar refractivity (Wildman–Crippen MR) is 180 cm³/mol. The van der Waals surface area contributed by atoms with Gasteiger partial charge < -0.3 is 10.1 Å². The van der Waals surface area contributed by atoms with E-state index in [-0.39, 0.29) is 11.5 Å². The molecule has 0 fully saturated rings. The van der Waals surface area contributed by atoms with Gasteiger partial charge >= 0.3 is 0 Å². The fraction of sp³-hybridized carbons (Fsp3) is 0.111. The number of allylic oxidation sites excluding steroid dienone is 1. The molecule has 222 valence electrons. The normalized spacial score (nSPS) is 14.4. The number of hydrogen-bond donors (Lipinski definition) is 1. The number of nitrogens with one attached hydrogen (secondary N) is 1. The van der Waals surface area contributed by atoms with Crippen LogP contribution in [0, 0.1) is 18.3 Å². The van der Waals surface area contributed by atoms with Crippen LogP contribution in [0.1, 0.15) is 40.8 Å². The zero-order valence-corrected chi connectivity index (χ0v) is 26.9. The lowest BCUT2D eigenvalue weighted by molar-refractivity contribution is -0.113. The largest absolute Gasteiger partial charge is 0.488 e. The molecule has 1 aliphatic rings. The van der Waals surface area contributed by atoms with Crippen LogP contribution in [0.25, 0.3) is 6.08 Å². The molecule has 9 heteroatoms. The second-order valence-electron chi connectivity index (χ2n) is 10.6. The Balaban J connectivity index is 1.34. The summed E-state index contributed by atoms with van der Waals surface area (Å²) >= 11 is 4.89. The second kappa shape index (κ2) is 12.9. The minimum atomic E-state index is -0.641. The number of ether oxygens (including phenoxy) is 1. The first-order chi connectivity index (χ1) is 21.8. The SMILES string of the molecule is CC1=C(C(=O)Nc2ccccc2)[C@@H](c2ccc(C)cc2)n2c(s/c(=C\c3ccc(OCc4ccc(C#N)cc4)c(Br)c3)c2=O)=N1. The third-order valence-corrected chi connectivity index (χ3v) is 9.02. The number of nitrogens with zero attached hydrogens (tertiary/aromatic N) is 3. The number of rotatable bonds is 7. The maximum atomic E-state index is 14.0. The van der Waals surface area contributed by atoms with E-state index in [1.54, 1.807) is 16.7 Å². The number of carbonyl (C=O) groups is 1. The maximum absolute atomic E-state index is 14.0. The summed E-state index contributed by atoms with van der Waals surface area (Å²) < 4.78 is 8.85. The van der Waals surface area contributed by atoms with Gasteiger partial charge in [0, 0.05) is 5.69 Å². The number of halogens is 1. The van der Waals surface area contributed by atoms with Gasteiger partial charge in [-0.25, -0.2) is 4.99 Å². The van der Waals surface area contributed by atoms with Gasteiger partial charge in [-0.15, -0.1) is 0 Å². The van der Waals surface area contributed by atoms with Gasteiger partial charge in [0.1, 0.15) is 12.4 Å². The molecule has 0 bridgehead atoms. The third kappa shape index (κ3) is 6.43. The minimum Gasteiger partial charge on any atom is -0.488 e. The van der Waals surface area contributed by atoms with Crippen LogP contribution in [-0.2, 0) is 11.4 Å². The van der Waals surface area contributed by atoms with Gasteiger partial charge in [-0.2, -0.15) is 5.26 Å². The number of nitriles is 1. The van der Waals surface area contributed by atoms with Gasteiger partial charge in [0.25, 0.3) is 11.5 Å². The lowest BCUT2D eigenvalue weighted by atomic mass is 9.94. The number of carbonyl (C=O) groups excluding carboxylic acids is 1. The van der Waals surface area contributed by atoms with Crippen molar-refractivity contribution in [2.75, 3.05) is 5.32 Å². The Morgan fingerprint density at radius 2 is 1.78 bits per heavy atom. The molecule has 6 rings (SSSR count). The fourth-order valence-corrected chi connectivity index (χ4v) is 6.67. The first-order valence-corrected chi connectivity index (χ1v) is 15.8. The molecule has 1 amide bonds. The first kappa shape index (κ1) is 30.0. The Hall–Kier alpha value is -5.04. The predicted octanol–water partition coefficient (Wildman–Crippen LogP) is 6.40. The number of amides is 1. The monoisotopic (exact) mass is 674 g/mol. The van der Waals surface area contributed by atoms with Crippen LogP contribution < -0.4 is 24.9 Å². The molecule has 0 aliphatic carbocycles. The summed E-state index contributed by atoms with van der Waals surface area (Å²) in [4.78, 5) is 33.0. The molecule has 7 nitrogen and oxygen atoms in total. The molecular formula is C36H27BrN4O3S. The van der Waals surface area contributed by atoms with E-state index >= 15 is 0 Å². The van der Waals surface area contributed by atoms with Crippen LogP contribution in [0.2, 0.25) is 0 Å². The summed E-state index contributed by atoms with van der Waals surface area (Å²) in [6.45, 7) is 4.16. The molecule has 0 saturated carbocycles. The lowest BCUT2D eigenvalue weighted by Crippen LogP contribution is -2.40. The number of aryl methyl sites for hydroxylation is 1. The highest BCUT2D eigenvalue weighted by atomic mass is 79.9. The van der Waals surface area contributed by atoms with Crippen molar-refractivity contribution < 1.29 is 9.53 Å². The van der Waals surface area contributed by atoms with Crippen molar-refractivity contribution in [3.8, 4) is 11.8 Å². The summed E-state index contributed by atoms with van der Waals surface area (Å²) in [5, 5.41) is 12.0. The number of para-hydroxylation sites is 1. The fourth-order valence-electron chi connectivity index (χ4n) is 5.11. The van der Waals surface area contributed by atoms with Crippen LogP contribution in [-0.4, -0.2) is 10.5 Å². The van der Waals surface area contributed by atoms with E-state index in [0.29, 0.717) is 44.2 Å². The Bertz CT molecular complexity index is 2160. The van der Waals surface area contributed by atoms with Crippen molar-refractivity contribution >= 4 is 44.9 Å². The van der Waals surface area contributed by atoms with E-state index in [2.05, 4.69) is 27.3 Å². The van der Waals surface area contributed by atoms with Gasteiger partial charge in [-0.3, -0.25) is 14.2 Å². The third-order valence-electron chi connectivity index (χ3n) is 7.42. The molecule has 1 aromatic heterocycles. The average molecular weight is 676 g/mol. The van der Waals surface area contributed by atoms with Gasteiger partial charge in [-0.05, 0) is 88.9 Å². The molecule has 1 atom stereocenters. The topological polar surface area (TPSA) is 96.5 Å². The minimum absolute atomic E-state index is 0.223. The summed E-state index contributed by atoms with van der Waals surface area (Å²) in [5.74, 6) is 0.352. The van der Waals surface area contributed by atoms with E-state index in [1.165, 1.54) is 11.3 Å². The second-order valence-corrected chi connectivity index (χ2v) is 12.5. The maximum Gasteiger partial charge on any atom is 0.271 e. The standard InChI is InChI=1S/C36H27BrN4O3S/c1-22-8-15-27(16-9-22)33-32(34(42)40-28-6-4-3-5-7-28)23(2)39-36-41(33)35(43)31(45-36)19-26-14-17-30(29(37)18-26)44-21-25-12-10-24(20-38)11-13-25/h3-19,33H,21H2,1-2H3,(H,40,42)/b31-19-/t33-/m1/s1. The smallest absolute Gasteiger partial charge is 0.271 e. The van der Waals surface area contributed by atoms with Gasteiger partial charge in [0.2, 0.25) is 0 Å². The number of aromatic nitrogens is 1. The molecular weight excluding hydrogens is 648 g/mol. The Morgan fingerprint density at radius 1 is 1.04 bits per heavy atom. The Morgan fingerprint density at radius 3 is 2.47 bits per heavy atom. The molecule has 45 heavy (non-hydrogen) atoms. The number of thiazole rings is 1. The van der Waals surface area contributed by atoms with E-state index < -0.39 is 6.04 Å². The lowest BCUT2D eigenvalue weighted by Gasteiger charge is -2.25. The molecule has 0 radical (unpaired) electrons. The van der Waals surface area contributed by atoms with Gasteiger partial charge in [0.15, 0.2) is 4.80 Å². The van der Waals surface area contributed by atoms with Crippen molar-refractivity contribution in [3.63, 3.8) is 0 Å². The van der Waals surface area contributed by atoms with Crippen LogP contribution in [0.3, 0.4) is 0 Å². The van der Waals surface area contributed by atoms with E-state index in [4.69, 9.17) is 15.0 Å². The average Bonchev–Trinajstić information content (AvgIpc) is 3.34. The van der Waals surface area contributed by atoms with Crippen molar-refractivity contribution in [1.29, 1.82) is 5.26 Å². The van der Waals surface area contributed by atoms with Crippen LogP contribution in [0.15, 0.2) is 123 Å². The molecule has 2 heterocycles. The molecule has 0 spiro atoms. The van der Waals surface area contributed by atoms with Gasteiger partial charge in [-0.1, -0.05) is 77.6 Å². The number of benzene rings is 4. The van der Waals surface area contributed by atoms with Crippen molar-refractivity contribution in [1.82, 2.24) is 4.57 Å². The molecule has 4 aromatic carbocycles. The highest BCUT2D eigenvalue weighted by Crippen LogP contribution is 2.31. The zero-order valence-electron chi connectivity index (χ0n) is 24.5. The Labute approximate surface area is 272 Å². The molecule has 0 saturated heterocycles. The van der Waals surface area contributed by atoms with E-state index in [9.17, 15) is 9.59 Å². The number of anilines is 1. The summed E-state index contributed by atoms with van der Waals surface area (Å²) in [6.07, 6.45) is 1.83. The molecule has 1 N–H and O–H groups in total. The number of fused-ring (bicyclic) bond motifs is 1. The van der Waals surface area contributed by atoms with Crippen molar-refractivity contribution in [3.05, 3.63) is 160 Å². The van der Waals surface area contributed by atoms with E-state index in [0.717, 1.165) is 26.7 Å². The zero-order chi connectivity index (χ0) is 31.5. The van der Waals surface area contributed by atoms with Crippen LogP contribution in [0.5, 0.6) is 5.75 Å². The van der Waals surface area contributed by atoms with Crippen molar-refractivity contribution in [2.24, 2.45) is 4.99 Å².